The Morgan fingerprint density at radius 1 is 1.27 bits per heavy atom. The molecule has 1 fully saturated rings. The van der Waals surface area contributed by atoms with E-state index in [1.807, 2.05) is 13.0 Å². The molecule has 2 aliphatic rings. The van der Waals surface area contributed by atoms with Crippen molar-refractivity contribution >= 4 is 15.9 Å². The fraction of sp³-hybridized carbons (Fsp3) is 0.632. The van der Waals surface area contributed by atoms with E-state index in [1.54, 1.807) is 4.90 Å². The number of benzene rings is 1. The molecule has 1 unspecified atom stereocenters. The number of ether oxygens (including phenoxy) is 1. The average molecular weight is 381 g/mol. The molecule has 1 atom stereocenters. The third-order valence-corrected chi connectivity index (χ3v) is 6.97. The maximum atomic E-state index is 12.3. The Bertz CT molecular complexity index is 748. The number of rotatable bonds is 6. The molecular formula is C19H28N2O4S. The molecule has 0 bridgehead atoms. The highest BCUT2D eigenvalue weighted by molar-refractivity contribution is 7.91. The largest absolute Gasteiger partial charge is 0.492 e. The number of fused-ring (bicyclic) bond motifs is 1. The molecule has 0 radical (unpaired) electrons. The number of urea groups is 1. The van der Waals surface area contributed by atoms with Gasteiger partial charge in [-0.15, -0.1) is 0 Å². The third-order valence-electron chi connectivity index (χ3n) is 5.22. The standard InChI is InChI=1S/C19H28N2O4S/c1-2-21(17-9-12-26(23,24)14-17)19(22)20-10-11-25-18-8-7-15-5-3-4-6-16(15)13-18/h7-8,13,17H,2-6,9-12,14H2,1H3,(H,20,22). The van der Waals surface area contributed by atoms with Crippen molar-refractivity contribution in [2.45, 2.75) is 45.1 Å². The van der Waals surface area contributed by atoms with Gasteiger partial charge in [-0.3, -0.25) is 0 Å². The van der Waals surface area contributed by atoms with Crippen LogP contribution in [0.4, 0.5) is 4.79 Å². The molecule has 6 nitrogen and oxygen atoms in total. The summed E-state index contributed by atoms with van der Waals surface area (Å²) in [6.07, 6.45) is 5.27. The van der Waals surface area contributed by atoms with E-state index in [-0.39, 0.29) is 23.6 Å². The zero-order valence-electron chi connectivity index (χ0n) is 15.4. The van der Waals surface area contributed by atoms with Crippen molar-refractivity contribution in [1.29, 1.82) is 0 Å². The Labute approximate surface area is 155 Å². The highest BCUT2D eigenvalue weighted by Gasteiger charge is 2.33. The number of aryl methyl sites for hydroxylation is 2. The van der Waals surface area contributed by atoms with E-state index in [0.29, 0.717) is 26.1 Å². The molecule has 0 spiro atoms. The molecule has 1 aliphatic carbocycles. The monoisotopic (exact) mass is 380 g/mol. The van der Waals surface area contributed by atoms with Crippen LogP contribution in [0.5, 0.6) is 5.75 Å². The van der Waals surface area contributed by atoms with Crippen molar-refractivity contribution in [3.05, 3.63) is 29.3 Å². The lowest BCUT2D eigenvalue weighted by Crippen LogP contribution is -2.47. The van der Waals surface area contributed by atoms with Crippen LogP contribution in [0.3, 0.4) is 0 Å². The van der Waals surface area contributed by atoms with Crippen molar-refractivity contribution in [2.75, 3.05) is 31.2 Å². The number of amides is 2. The number of carbonyl (C=O) groups is 1. The predicted octanol–water partition coefficient (Wildman–Crippen LogP) is 2.16. The van der Waals surface area contributed by atoms with Crippen LogP contribution in [0.2, 0.25) is 0 Å². The summed E-state index contributed by atoms with van der Waals surface area (Å²) in [5, 5.41) is 2.84. The Morgan fingerprint density at radius 2 is 2.04 bits per heavy atom. The van der Waals surface area contributed by atoms with E-state index in [0.717, 1.165) is 18.6 Å². The smallest absolute Gasteiger partial charge is 0.317 e. The molecule has 144 valence electrons. The van der Waals surface area contributed by atoms with E-state index in [1.165, 1.54) is 24.0 Å². The van der Waals surface area contributed by atoms with Crippen LogP contribution in [-0.4, -0.2) is 56.6 Å². The first-order valence-electron chi connectivity index (χ1n) is 9.48. The second-order valence-corrected chi connectivity index (χ2v) is 9.29. The Morgan fingerprint density at radius 3 is 2.73 bits per heavy atom. The highest BCUT2D eigenvalue weighted by Crippen LogP contribution is 2.25. The maximum Gasteiger partial charge on any atom is 0.317 e. The fourth-order valence-corrected chi connectivity index (χ4v) is 5.55. The van der Waals surface area contributed by atoms with Crippen LogP contribution in [0.25, 0.3) is 0 Å². The summed E-state index contributed by atoms with van der Waals surface area (Å²) in [6, 6.07) is 5.81. The molecule has 1 aromatic rings. The summed E-state index contributed by atoms with van der Waals surface area (Å²) in [5.74, 6) is 1.08. The number of carbonyl (C=O) groups excluding carboxylic acids is 1. The normalized spacial score (nSPS) is 21.0. The van der Waals surface area contributed by atoms with Gasteiger partial charge in [-0.25, -0.2) is 13.2 Å². The predicted molar refractivity (Wildman–Crippen MR) is 101 cm³/mol. The van der Waals surface area contributed by atoms with Gasteiger partial charge in [0.05, 0.1) is 18.1 Å². The molecule has 1 aromatic carbocycles. The van der Waals surface area contributed by atoms with Crippen molar-refractivity contribution in [3.8, 4) is 5.75 Å². The van der Waals surface area contributed by atoms with Crippen molar-refractivity contribution in [2.24, 2.45) is 0 Å². The van der Waals surface area contributed by atoms with Gasteiger partial charge in [0.15, 0.2) is 9.84 Å². The third kappa shape index (κ3) is 4.69. The summed E-state index contributed by atoms with van der Waals surface area (Å²) in [7, 11) is -3.00. The van der Waals surface area contributed by atoms with Gasteiger partial charge in [0.25, 0.3) is 0 Å². The van der Waals surface area contributed by atoms with Gasteiger partial charge in [-0.1, -0.05) is 6.07 Å². The van der Waals surface area contributed by atoms with Gasteiger partial charge >= 0.3 is 6.03 Å². The van der Waals surface area contributed by atoms with Crippen molar-refractivity contribution < 1.29 is 17.9 Å². The van der Waals surface area contributed by atoms with Gasteiger partial charge in [0.1, 0.15) is 12.4 Å². The molecule has 2 amide bonds. The van der Waals surface area contributed by atoms with Crippen LogP contribution >= 0.6 is 0 Å². The van der Waals surface area contributed by atoms with Gasteiger partial charge in [-0.05, 0) is 62.3 Å². The molecule has 26 heavy (non-hydrogen) atoms. The second-order valence-electron chi connectivity index (χ2n) is 7.06. The SMILES string of the molecule is CCN(C(=O)NCCOc1ccc2c(c1)CCCC2)C1CCS(=O)(=O)C1. The van der Waals surface area contributed by atoms with Crippen molar-refractivity contribution in [1.82, 2.24) is 10.2 Å². The lowest BCUT2D eigenvalue weighted by atomic mass is 9.92. The Kier molecular flexibility index (Phi) is 6.06. The average Bonchev–Trinajstić information content (AvgIpc) is 2.99. The zero-order valence-corrected chi connectivity index (χ0v) is 16.2. The number of hydrogen-bond acceptors (Lipinski definition) is 4. The lowest BCUT2D eigenvalue weighted by Gasteiger charge is -2.27. The van der Waals surface area contributed by atoms with Gasteiger partial charge in [0, 0.05) is 12.6 Å². The van der Waals surface area contributed by atoms with E-state index in [9.17, 15) is 13.2 Å². The number of nitrogens with one attached hydrogen (secondary N) is 1. The van der Waals surface area contributed by atoms with E-state index in [2.05, 4.69) is 17.4 Å². The maximum absolute atomic E-state index is 12.3. The fourth-order valence-electron chi connectivity index (χ4n) is 3.82. The molecule has 7 heteroatoms. The molecule has 1 heterocycles. The second kappa shape index (κ2) is 8.29. The van der Waals surface area contributed by atoms with Gasteiger partial charge < -0.3 is 15.0 Å². The van der Waals surface area contributed by atoms with Crippen LogP contribution < -0.4 is 10.1 Å². The summed E-state index contributed by atoms with van der Waals surface area (Å²) in [5.41, 5.74) is 2.79. The zero-order chi connectivity index (χ0) is 18.6. The number of hydrogen-bond donors (Lipinski definition) is 1. The Balaban J connectivity index is 1.44. The molecule has 3 rings (SSSR count). The minimum absolute atomic E-state index is 0.0693. The molecule has 1 saturated heterocycles. The number of sulfone groups is 1. The van der Waals surface area contributed by atoms with Crippen LogP contribution in [-0.2, 0) is 22.7 Å². The Hall–Kier alpha value is -1.76. The molecule has 0 saturated carbocycles. The van der Waals surface area contributed by atoms with Crippen LogP contribution in [0, 0.1) is 0 Å². The minimum atomic E-state index is -3.00. The molecule has 1 N–H and O–H groups in total. The van der Waals surface area contributed by atoms with Crippen LogP contribution in [0.15, 0.2) is 18.2 Å². The first-order chi connectivity index (χ1) is 12.5. The summed E-state index contributed by atoms with van der Waals surface area (Å²) >= 11 is 0. The molecule has 1 aliphatic heterocycles. The molecular weight excluding hydrogens is 352 g/mol. The summed E-state index contributed by atoms with van der Waals surface area (Å²) in [4.78, 5) is 14.0. The lowest BCUT2D eigenvalue weighted by molar-refractivity contribution is 0.181. The van der Waals surface area contributed by atoms with E-state index in [4.69, 9.17) is 4.74 Å². The highest BCUT2D eigenvalue weighted by atomic mass is 32.2. The first-order valence-corrected chi connectivity index (χ1v) is 11.3. The van der Waals surface area contributed by atoms with E-state index < -0.39 is 9.84 Å². The first kappa shape index (κ1) is 19.0. The molecule has 0 aromatic heterocycles. The summed E-state index contributed by atoms with van der Waals surface area (Å²) in [6.45, 7) is 3.16. The number of nitrogens with zero attached hydrogens (tertiary/aromatic N) is 1. The van der Waals surface area contributed by atoms with E-state index >= 15 is 0 Å². The minimum Gasteiger partial charge on any atom is -0.492 e. The quantitative estimate of drug-likeness (QED) is 0.768. The van der Waals surface area contributed by atoms with Crippen molar-refractivity contribution in [3.63, 3.8) is 0 Å². The van der Waals surface area contributed by atoms with Crippen LogP contribution in [0.1, 0.15) is 37.3 Å². The summed E-state index contributed by atoms with van der Waals surface area (Å²) < 4.78 is 29.0. The van der Waals surface area contributed by atoms with Gasteiger partial charge in [0.2, 0.25) is 0 Å². The van der Waals surface area contributed by atoms with Gasteiger partial charge in [-0.2, -0.15) is 0 Å². The topological polar surface area (TPSA) is 75.7 Å².